The Bertz CT molecular complexity index is 569. The van der Waals surface area contributed by atoms with E-state index in [0.29, 0.717) is 0 Å². The molecule has 0 fully saturated rings. The zero-order chi connectivity index (χ0) is 14.5. The van der Waals surface area contributed by atoms with E-state index in [9.17, 15) is 10.1 Å². The van der Waals surface area contributed by atoms with E-state index in [2.05, 4.69) is 29.1 Å². The molecular formula is C15H18N2O2S. The van der Waals surface area contributed by atoms with Gasteiger partial charge in [0.25, 0.3) is 5.69 Å². The predicted octanol–water partition coefficient (Wildman–Crippen LogP) is 3.94. The Morgan fingerprint density at radius 1 is 1.30 bits per heavy atom. The molecule has 0 aliphatic heterocycles. The number of nitro benzene ring substituents is 1. The van der Waals surface area contributed by atoms with Crippen molar-refractivity contribution < 1.29 is 4.92 Å². The standard InChI is InChI=1S/C15H18N2O2S/c1-11(9-13-7-8-20-10-13)16-12(2)14-5-3-4-6-15(14)17(18)19/h3-8,10-12,16H,9H2,1-2H3. The first kappa shape index (κ1) is 14.7. The fraction of sp³-hybridized carbons (Fsp3) is 0.333. The molecule has 0 saturated carbocycles. The zero-order valence-electron chi connectivity index (χ0n) is 11.6. The number of nitrogens with zero attached hydrogens (tertiary/aromatic N) is 1. The number of nitrogens with one attached hydrogen (secondary N) is 1. The van der Waals surface area contributed by atoms with Gasteiger partial charge in [-0.1, -0.05) is 18.2 Å². The first-order valence-electron chi connectivity index (χ1n) is 6.58. The van der Waals surface area contributed by atoms with Gasteiger partial charge in [-0.15, -0.1) is 0 Å². The maximum atomic E-state index is 11.0. The normalized spacial score (nSPS) is 13.9. The van der Waals surface area contributed by atoms with Crippen LogP contribution in [0.5, 0.6) is 0 Å². The molecule has 1 aromatic heterocycles. The lowest BCUT2D eigenvalue weighted by atomic mass is 10.0. The maximum Gasteiger partial charge on any atom is 0.274 e. The lowest BCUT2D eigenvalue weighted by Crippen LogP contribution is -2.30. The Hall–Kier alpha value is -1.72. The minimum Gasteiger partial charge on any atom is -0.307 e. The highest BCUT2D eigenvalue weighted by molar-refractivity contribution is 7.07. The average molecular weight is 290 g/mol. The molecule has 20 heavy (non-hydrogen) atoms. The van der Waals surface area contributed by atoms with Gasteiger partial charge in [-0.25, -0.2) is 0 Å². The highest BCUT2D eigenvalue weighted by Gasteiger charge is 2.19. The molecule has 2 rings (SSSR count). The molecule has 1 aromatic carbocycles. The van der Waals surface area contributed by atoms with Crippen molar-refractivity contribution >= 4 is 17.0 Å². The molecule has 1 heterocycles. The van der Waals surface area contributed by atoms with Crippen molar-refractivity contribution in [2.75, 3.05) is 0 Å². The number of para-hydroxylation sites is 1. The Balaban J connectivity index is 2.04. The van der Waals surface area contributed by atoms with Gasteiger partial charge >= 0.3 is 0 Å². The zero-order valence-corrected chi connectivity index (χ0v) is 12.4. The van der Waals surface area contributed by atoms with E-state index in [-0.39, 0.29) is 22.7 Å². The van der Waals surface area contributed by atoms with Crippen molar-refractivity contribution in [2.24, 2.45) is 0 Å². The topological polar surface area (TPSA) is 55.2 Å². The molecule has 0 aliphatic carbocycles. The second kappa shape index (κ2) is 6.63. The van der Waals surface area contributed by atoms with Crippen LogP contribution in [-0.2, 0) is 6.42 Å². The molecule has 2 atom stereocenters. The number of benzene rings is 1. The third-order valence-corrected chi connectivity index (χ3v) is 3.99. The molecule has 2 aromatic rings. The van der Waals surface area contributed by atoms with E-state index in [4.69, 9.17) is 0 Å². The predicted molar refractivity (Wildman–Crippen MR) is 82.1 cm³/mol. The quantitative estimate of drug-likeness (QED) is 0.647. The molecule has 1 N–H and O–H groups in total. The van der Waals surface area contributed by atoms with Crippen LogP contribution in [0.4, 0.5) is 5.69 Å². The van der Waals surface area contributed by atoms with E-state index in [1.165, 1.54) is 5.56 Å². The second-order valence-corrected chi connectivity index (χ2v) is 5.72. The van der Waals surface area contributed by atoms with Crippen LogP contribution in [0, 0.1) is 10.1 Å². The molecule has 2 unspecified atom stereocenters. The highest BCUT2D eigenvalue weighted by atomic mass is 32.1. The minimum absolute atomic E-state index is 0.0507. The third-order valence-electron chi connectivity index (χ3n) is 3.26. The van der Waals surface area contributed by atoms with Crippen molar-refractivity contribution in [3.05, 3.63) is 62.3 Å². The van der Waals surface area contributed by atoms with Crippen LogP contribution in [0.1, 0.15) is 31.0 Å². The van der Waals surface area contributed by atoms with Crippen molar-refractivity contribution in [2.45, 2.75) is 32.4 Å². The van der Waals surface area contributed by atoms with E-state index in [1.54, 1.807) is 23.5 Å². The molecule has 0 saturated heterocycles. The molecule has 0 bridgehead atoms. The minimum atomic E-state index is -0.322. The molecule has 0 amide bonds. The molecule has 0 aliphatic rings. The van der Waals surface area contributed by atoms with Crippen LogP contribution in [0.2, 0.25) is 0 Å². The van der Waals surface area contributed by atoms with Gasteiger partial charge < -0.3 is 5.32 Å². The third kappa shape index (κ3) is 3.65. The monoisotopic (exact) mass is 290 g/mol. The maximum absolute atomic E-state index is 11.0. The number of rotatable bonds is 6. The van der Waals surface area contributed by atoms with E-state index in [0.717, 1.165) is 12.0 Å². The first-order chi connectivity index (χ1) is 9.58. The second-order valence-electron chi connectivity index (χ2n) is 4.94. The van der Waals surface area contributed by atoms with E-state index >= 15 is 0 Å². The summed E-state index contributed by atoms with van der Waals surface area (Å²) in [5, 5.41) is 18.7. The summed E-state index contributed by atoms with van der Waals surface area (Å²) in [6.07, 6.45) is 0.925. The highest BCUT2D eigenvalue weighted by Crippen LogP contribution is 2.25. The lowest BCUT2D eigenvalue weighted by Gasteiger charge is -2.20. The van der Waals surface area contributed by atoms with Gasteiger partial charge in [0.05, 0.1) is 4.92 Å². The van der Waals surface area contributed by atoms with Gasteiger partial charge in [-0.05, 0) is 42.7 Å². The van der Waals surface area contributed by atoms with E-state index < -0.39 is 0 Å². The first-order valence-corrected chi connectivity index (χ1v) is 7.52. The van der Waals surface area contributed by atoms with Crippen LogP contribution in [0.15, 0.2) is 41.1 Å². The Labute approximate surface area is 122 Å². The van der Waals surface area contributed by atoms with Crippen LogP contribution >= 0.6 is 11.3 Å². The summed E-state index contributed by atoms with van der Waals surface area (Å²) in [5.41, 5.74) is 2.20. The number of thiophene rings is 1. The average Bonchev–Trinajstić information content (AvgIpc) is 2.91. The summed E-state index contributed by atoms with van der Waals surface area (Å²) >= 11 is 1.69. The van der Waals surface area contributed by atoms with Gasteiger partial charge in [0.2, 0.25) is 0 Å². The van der Waals surface area contributed by atoms with Gasteiger partial charge in [0, 0.05) is 23.7 Å². The number of hydrogen-bond donors (Lipinski definition) is 1. The summed E-state index contributed by atoms with van der Waals surface area (Å²) in [5.74, 6) is 0. The van der Waals surface area contributed by atoms with Gasteiger partial charge in [-0.2, -0.15) is 11.3 Å². The van der Waals surface area contributed by atoms with Gasteiger partial charge in [0.1, 0.15) is 0 Å². The Kier molecular flexibility index (Phi) is 4.87. The van der Waals surface area contributed by atoms with Crippen LogP contribution in [-0.4, -0.2) is 11.0 Å². The molecular weight excluding hydrogens is 272 g/mol. The summed E-state index contributed by atoms with van der Waals surface area (Å²) in [6, 6.07) is 9.22. The van der Waals surface area contributed by atoms with Crippen LogP contribution in [0.25, 0.3) is 0 Å². The van der Waals surface area contributed by atoms with Crippen molar-refractivity contribution in [3.63, 3.8) is 0 Å². The molecule has 106 valence electrons. The largest absolute Gasteiger partial charge is 0.307 e. The van der Waals surface area contributed by atoms with Crippen molar-refractivity contribution in [1.29, 1.82) is 0 Å². The van der Waals surface area contributed by atoms with Crippen LogP contribution in [0.3, 0.4) is 0 Å². The summed E-state index contributed by atoms with van der Waals surface area (Å²) < 4.78 is 0. The van der Waals surface area contributed by atoms with Crippen molar-refractivity contribution in [3.8, 4) is 0 Å². The van der Waals surface area contributed by atoms with Gasteiger partial charge in [-0.3, -0.25) is 10.1 Å². The summed E-state index contributed by atoms with van der Waals surface area (Å²) in [6.45, 7) is 4.06. The number of nitro groups is 1. The van der Waals surface area contributed by atoms with Gasteiger partial charge in [0.15, 0.2) is 0 Å². The Morgan fingerprint density at radius 2 is 2.05 bits per heavy atom. The summed E-state index contributed by atoms with van der Waals surface area (Å²) in [4.78, 5) is 10.7. The fourth-order valence-electron chi connectivity index (χ4n) is 2.36. The molecule has 0 spiro atoms. The lowest BCUT2D eigenvalue weighted by molar-refractivity contribution is -0.385. The molecule has 5 heteroatoms. The van der Waals surface area contributed by atoms with Crippen LogP contribution < -0.4 is 5.32 Å². The smallest absolute Gasteiger partial charge is 0.274 e. The Morgan fingerprint density at radius 3 is 2.70 bits per heavy atom. The van der Waals surface area contributed by atoms with Crippen molar-refractivity contribution in [1.82, 2.24) is 5.32 Å². The SMILES string of the molecule is CC(Cc1ccsc1)NC(C)c1ccccc1[N+](=O)[O-]. The fourth-order valence-corrected chi connectivity index (χ4v) is 3.04. The number of hydrogen-bond acceptors (Lipinski definition) is 4. The molecule has 4 nitrogen and oxygen atoms in total. The van der Waals surface area contributed by atoms with E-state index in [1.807, 2.05) is 19.1 Å². The summed E-state index contributed by atoms with van der Waals surface area (Å²) in [7, 11) is 0. The molecule has 0 radical (unpaired) electrons.